The number of halogens is 2. The normalized spacial score (nSPS) is 18.1. The number of nitrogens with zero attached hydrogens (tertiary/aromatic N) is 1. The third-order valence-corrected chi connectivity index (χ3v) is 4.03. The van der Waals surface area contributed by atoms with Gasteiger partial charge in [0.2, 0.25) is 0 Å². The predicted molar refractivity (Wildman–Crippen MR) is 88.1 cm³/mol. The van der Waals surface area contributed by atoms with Crippen molar-refractivity contribution in [3.05, 3.63) is 71.3 Å². The number of morpholine rings is 1. The zero-order valence-electron chi connectivity index (χ0n) is 13.7. The second-order valence-electron chi connectivity index (χ2n) is 5.94. The molecule has 4 nitrogen and oxygen atoms in total. The highest BCUT2D eigenvalue weighted by Crippen LogP contribution is 2.13. The quantitative estimate of drug-likeness (QED) is 0.780. The van der Waals surface area contributed by atoms with E-state index in [1.807, 2.05) is 18.2 Å². The van der Waals surface area contributed by atoms with Gasteiger partial charge in [-0.2, -0.15) is 0 Å². The first-order valence-corrected chi connectivity index (χ1v) is 8.12. The Morgan fingerprint density at radius 1 is 1.16 bits per heavy atom. The standard InChI is InChI=1S/C19H19F2NO3/c20-17-7-6-15(10-18(17)21)19(23)25-13-16-12-22(8-9-24-16)11-14-4-2-1-3-5-14/h1-7,10,16H,8-9,11-13H2. The molecule has 3 rings (SSSR count). The van der Waals surface area contributed by atoms with Crippen LogP contribution in [0.5, 0.6) is 0 Å². The molecule has 132 valence electrons. The molecule has 1 atom stereocenters. The summed E-state index contributed by atoms with van der Waals surface area (Å²) in [7, 11) is 0. The first-order valence-electron chi connectivity index (χ1n) is 8.12. The van der Waals surface area contributed by atoms with Gasteiger partial charge in [0.1, 0.15) is 12.7 Å². The number of esters is 1. The van der Waals surface area contributed by atoms with Gasteiger partial charge in [0.05, 0.1) is 12.2 Å². The average Bonchev–Trinajstić information content (AvgIpc) is 2.63. The molecule has 1 unspecified atom stereocenters. The minimum absolute atomic E-state index is 0.0177. The van der Waals surface area contributed by atoms with Crippen molar-refractivity contribution >= 4 is 5.97 Å². The van der Waals surface area contributed by atoms with E-state index in [4.69, 9.17) is 9.47 Å². The van der Waals surface area contributed by atoms with E-state index in [1.54, 1.807) is 0 Å². The number of benzene rings is 2. The lowest BCUT2D eigenvalue weighted by Crippen LogP contribution is -2.44. The van der Waals surface area contributed by atoms with Crippen molar-refractivity contribution in [1.29, 1.82) is 0 Å². The largest absolute Gasteiger partial charge is 0.459 e. The Kier molecular flexibility index (Phi) is 5.73. The molecule has 1 aliphatic heterocycles. The van der Waals surface area contributed by atoms with Gasteiger partial charge in [-0.05, 0) is 23.8 Å². The molecule has 0 N–H and O–H groups in total. The number of ether oxygens (including phenoxy) is 2. The second-order valence-corrected chi connectivity index (χ2v) is 5.94. The van der Waals surface area contributed by atoms with E-state index < -0.39 is 17.6 Å². The highest BCUT2D eigenvalue weighted by molar-refractivity contribution is 5.89. The van der Waals surface area contributed by atoms with Gasteiger partial charge >= 0.3 is 5.97 Å². The summed E-state index contributed by atoms with van der Waals surface area (Å²) >= 11 is 0. The summed E-state index contributed by atoms with van der Waals surface area (Å²) in [5.41, 5.74) is 1.19. The highest BCUT2D eigenvalue weighted by atomic mass is 19.2. The molecule has 2 aromatic carbocycles. The Bertz CT molecular complexity index is 724. The van der Waals surface area contributed by atoms with Gasteiger partial charge in [0.15, 0.2) is 11.6 Å². The molecule has 0 saturated carbocycles. The molecule has 0 amide bonds. The van der Waals surface area contributed by atoms with Crippen molar-refractivity contribution < 1.29 is 23.0 Å². The molecule has 1 fully saturated rings. The smallest absolute Gasteiger partial charge is 0.338 e. The Balaban J connectivity index is 1.50. The SMILES string of the molecule is O=C(OCC1CN(Cc2ccccc2)CCO1)c1ccc(F)c(F)c1. The molecule has 0 bridgehead atoms. The molecule has 0 radical (unpaired) electrons. The monoisotopic (exact) mass is 347 g/mol. The summed E-state index contributed by atoms with van der Waals surface area (Å²) in [6.07, 6.45) is -0.244. The van der Waals surface area contributed by atoms with Crippen LogP contribution in [0.3, 0.4) is 0 Å². The lowest BCUT2D eigenvalue weighted by molar-refractivity contribution is -0.0612. The van der Waals surface area contributed by atoms with E-state index in [0.29, 0.717) is 13.2 Å². The van der Waals surface area contributed by atoms with Crippen LogP contribution in [-0.4, -0.2) is 43.3 Å². The fourth-order valence-electron chi connectivity index (χ4n) is 2.74. The molecule has 0 aromatic heterocycles. The summed E-state index contributed by atoms with van der Waals surface area (Å²) < 4.78 is 36.9. The number of rotatable bonds is 5. The summed E-state index contributed by atoms with van der Waals surface area (Å²) in [6, 6.07) is 13.0. The molecule has 25 heavy (non-hydrogen) atoms. The van der Waals surface area contributed by atoms with E-state index in [9.17, 15) is 13.6 Å². The molecule has 1 saturated heterocycles. The van der Waals surface area contributed by atoms with E-state index in [1.165, 1.54) is 11.6 Å². The average molecular weight is 347 g/mol. The summed E-state index contributed by atoms with van der Waals surface area (Å²) in [5.74, 6) is -2.76. The number of carbonyl (C=O) groups excluding carboxylic acids is 1. The van der Waals surface area contributed by atoms with Gasteiger partial charge in [-0.1, -0.05) is 30.3 Å². The van der Waals surface area contributed by atoms with Gasteiger partial charge in [0, 0.05) is 19.6 Å². The Morgan fingerprint density at radius 2 is 1.96 bits per heavy atom. The molecule has 0 spiro atoms. The van der Waals surface area contributed by atoms with Crippen molar-refractivity contribution in [3.8, 4) is 0 Å². The van der Waals surface area contributed by atoms with Crippen molar-refractivity contribution in [2.45, 2.75) is 12.6 Å². The van der Waals surface area contributed by atoms with E-state index >= 15 is 0 Å². The van der Waals surface area contributed by atoms with Crippen LogP contribution in [0.15, 0.2) is 48.5 Å². The number of hydrogen-bond acceptors (Lipinski definition) is 4. The van der Waals surface area contributed by atoms with Gasteiger partial charge in [-0.15, -0.1) is 0 Å². The van der Waals surface area contributed by atoms with Crippen molar-refractivity contribution in [2.24, 2.45) is 0 Å². The van der Waals surface area contributed by atoms with Crippen molar-refractivity contribution in [1.82, 2.24) is 4.90 Å². The molecule has 6 heteroatoms. The Morgan fingerprint density at radius 3 is 2.72 bits per heavy atom. The summed E-state index contributed by atoms with van der Waals surface area (Å²) in [4.78, 5) is 14.2. The maximum absolute atomic E-state index is 13.2. The van der Waals surface area contributed by atoms with Crippen molar-refractivity contribution in [3.63, 3.8) is 0 Å². The second kappa shape index (κ2) is 8.18. The van der Waals surface area contributed by atoms with E-state index in [2.05, 4.69) is 17.0 Å². The number of hydrogen-bond donors (Lipinski definition) is 0. The Labute approximate surface area is 145 Å². The van der Waals surface area contributed by atoms with Crippen LogP contribution in [0.25, 0.3) is 0 Å². The molecule has 1 aliphatic rings. The van der Waals surface area contributed by atoms with Crippen LogP contribution < -0.4 is 0 Å². The first kappa shape index (κ1) is 17.5. The van der Waals surface area contributed by atoms with Gasteiger partial charge in [0.25, 0.3) is 0 Å². The molecular formula is C19H19F2NO3. The van der Waals surface area contributed by atoms with E-state index in [0.717, 1.165) is 25.2 Å². The molecule has 2 aromatic rings. The fraction of sp³-hybridized carbons (Fsp3) is 0.316. The van der Waals surface area contributed by atoms with Crippen LogP contribution in [0.4, 0.5) is 8.78 Å². The third-order valence-electron chi connectivity index (χ3n) is 4.03. The Hall–Kier alpha value is -2.31. The summed E-state index contributed by atoms with van der Waals surface area (Å²) in [6.45, 7) is 2.88. The van der Waals surface area contributed by atoms with Gasteiger partial charge in [-0.3, -0.25) is 4.90 Å². The first-order chi connectivity index (χ1) is 12.1. The molecule has 0 aliphatic carbocycles. The maximum Gasteiger partial charge on any atom is 0.338 e. The van der Waals surface area contributed by atoms with Gasteiger partial charge in [-0.25, -0.2) is 13.6 Å². The minimum atomic E-state index is -1.07. The van der Waals surface area contributed by atoms with Crippen LogP contribution in [-0.2, 0) is 16.0 Å². The molecular weight excluding hydrogens is 328 g/mol. The third kappa shape index (κ3) is 4.84. The van der Waals surface area contributed by atoms with Gasteiger partial charge < -0.3 is 9.47 Å². The number of carbonyl (C=O) groups is 1. The fourth-order valence-corrected chi connectivity index (χ4v) is 2.74. The predicted octanol–water partition coefficient (Wildman–Crippen LogP) is 3.02. The van der Waals surface area contributed by atoms with Crippen molar-refractivity contribution in [2.75, 3.05) is 26.3 Å². The highest BCUT2D eigenvalue weighted by Gasteiger charge is 2.22. The summed E-state index contributed by atoms with van der Waals surface area (Å²) in [5, 5.41) is 0. The maximum atomic E-state index is 13.2. The van der Waals surface area contributed by atoms with E-state index in [-0.39, 0.29) is 18.3 Å². The zero-order valence-corrected chi connectivity index (χ0v) is 13.7. The topological polar surface area (TPSA) is 38.8 Å². The van der Waals surface area contributed by atoms with Crippen LogP contribution in [0, 0.1) is 11.6 Å². The molecule has 1 heterocycles. The van der Waals surface area contributed by atoms with Crippen LogP contribution in [0.1, 0.15) is 15.9 Å². The lowest BCUT2D eigenvalue weighted by atomic mass is 10.2. The minimum Gasteiger partial charge on any atom is -0.459 e. The van der Waals surface area contributed by atoms with Crippen LogP contribution in [0.2, 0.25) is 0 Å². The van der Waals surface area contributed by atoms with Crippen LogP contribution >= 0.6 is 0 Å². The zero-order chi connectivity index (χ0) is 17.6. The lowest BCUT2D eigenvalue weighted by Gasteiger charge is -2.32.